The molecule has 1 N–H and O–H groups in total. The first kappa shape index (κ1) is 15.9. The lowest BCUT2D eigenvalue weighted by Crippen LogP contribution is -2.40. The number of hydrogen-bond acceptors (Lipinski definition) is 3. The molecule has 1 aliphatic rings. The molecule has 122 valence electrons. The molecule has 0 amide bonds. The van der Waals surface area contributed by atoms with Gasteiger partial charge in [-0.3, -0.25) is 4.31 Å². The molecule has 0 fully saturated rings. The summed E-state index contributed by atoms with van der Waals surface area (Å²) >= 11 is 0. The van der Waals surface area contributed by atoms with Gasteiger partial charge in [0.2, 0.25) is 0 Å². The number of sulfonamides is 1. The Bertz CT molecular complexity index is 819. The second kappa shape index (κ2) is 5.90. The van der Waals surface area contributed by atoms with Crippen molar-refractivity contribution >= 4 is 15.7 Å². The molecule has 1 atom stereocenters. The predicted octanol–water partition coefficient (Wildman–Crippen LogP) is 2.65. The minimum atomic E-state index is -4.35. The molecule has 0 radical (unpaired) electrons. The summed E-state index contributed by atoms with van der Waals surface area (Å²) in [6.45, 7) is 2.41. The lowest BCUT2D eigenvalue weighted by Gasteiger charge is -2.26. The Morgan fingerprint density at radius 2 is 1.74 bits per heavy atom. The largest absolute Gasteiger partial charge is 0.308 e. The van der Waals surface area contributed by atoms with Crippen LogP contribution in [0.15, 0.2) is 47.4 Å². The molecule has 0 saturated heterocycles. The van der Waals surface area contributed by atoms with E-state index in [1.165, 1.54) is 0 Å². The molecule has 1 unspecified atom stereocenters. The highest BCUT2D eigenvalue weighted by molar-refractivity contribution is 7.92. The van der Waals surface area contributed by atoms with E-state index in [9.17, 15) is 17.2 Å². The van der Waals surface area contributed by atoms with E-state index in [2.05, 4.69) is 5.32 Å². The van der Waals surface area contributed by atoms with E-state index in [0.717, 1.165) is 28.1 Å². The molecule has 7 heteroatoms. The third-order valence-electron chi connectivity index (χ3n) is 3.81. The fourth-order valence-electron chi connectivity index (χ4n) is 2.67. The molecule has 4 nitrogen and oxygen atoms in total. The molecule has 1 heterocycles. The highest BCUT2D eigenvalue weighted by Gasteiger charge is 2.34. The van der Waals surface area contributed by atoms with Crippen LogP contribution in [0.5, 0.6) is 0 Å². The molecule has 0 aliphatic carbocycles. The van der Waals surface area contributed by atoms with Gasteiger partial charge in [0.25, 0.3) is 10.0 Å². The minimum Gasteiger partial charge on any atom is -0.308 e. The second-order valence-corrected chi connectivity index (χ2v) is 7.30. The summed E-state index contributed by atoms with van der Waals surface area (Å²) in [4.78, 5) is -0.913. The fraction of sp³-hybridized carbons (Fsp3) is 0.250. The van der Waals surface area contributed by atoms with Crippen LogP contribution in [0.1, 0.15) is 12.5 Å². The Kier molecular flexibility index (Phi) is 4.08. The number of nitrogens with zero attached hydrogens (tertiary/aromatic N) is 1. The molecule has 2 aromatic rings. The number of para-hydroxylation sites is 1. The predicted molar refractivity (Wildman–Crippen MR) is 83.6 cm³/mol. The first-order chi connectivity index (χ1) is 10.9. The first-order valence-electron chi connectivity index (χ1n) is 7.19. The Morgan fingerprint density at radius 1 is 1.09 bits per heavy atom. The average Bonchev–Trinajstić information content (AvgIpc) is 2.67. The third kappa shape index (κ3) is 2.82. The van der Waals surface area contributed by atoms with E-state index in [1.54, 1.807) is 24.3 Å². The maximum absolute atomic E-state index is 14.0. The van der Waals surface area contributed by atoms with Gasteiger partial charge in [-0.1, -0.05) is 24.3 Å². The molecule has 3 rings (SSSR count). The van der Waals surface area contributed by atoms with Crippen LogP contribution in [0.2, 0.25) is 0 Å². The van der Waals surface area contributed by atoms with Gasteiger partial charge in [-0.05, 0) is 30.7 Å². The summed E-state index contributed by atoms with van der Waals surface area (Å²) in [5.41, 5.74) is 1.20. The normalized spacial score (nSPS) is 18.4. The Morgan fingerprint density at radius 3 is 2.43 bits per heavy atom. The summed E-state index contributed by atoms with van der Waals surface area (Å²) in [5, 5.41) is 3.19. The fourth-order valence-corrected chi connectivity index (χ4v) is 4.37. The molecular formula is C16H16F2N2O2S. The smallest absolute Gasteiger partial charge is 0.270 e. The zero-order valence-electron chi connectivity index (χ0n) is 12.5. The highest BCUT2D eigenvalue weighted by atomic mass is 32.2. The first-order valence-corrected chi connectivity index (χ1v) is 8.63. The Hall–Kier alpha value is -1.99. The lowest BCUT2D eigenvalue weighted by molar-refractivity contribution is 0.513. The Labute approximate surface area is 133 Å². The van der Waals surface area contributed by atoms with Crippen molar-refractivity contribution in [1.29, 1.82) is 0 Å². The van der Waals surface area contributed by atoms with Gasteiger partial charge in [0.15, 0.2) is 4.90 Å². The molecule has 1 aliphatic heterocycles. The lowest BCUT2D eigenvalue weighted by atomic mass is 10.2. The van der Waals surface area contributed by atoms with Gasteiger partial charge in [0.1, 0.15) is 11.6 Å². The van der Waals surface area contributed by atoms with Gasteiger partial charge in [-0.25, -0.2) is 17.2 Å². The number of anilines is 1. The molecule has 0 aromatic heterocycles. The highest BCUT2D eigenvalue weighted by Crippen LogP contribution is 2.31. The van der Waals surface area contributed by atoms with E-state index in [0.29, 0.717) is 12.2 Å². The van der Waals surface area contributed by atoms with Crippen molar-refractivity contribution in [2.24, 2.45) is 0 Å². The van der Waals surface area contributed by atoms with Gasteiger partial charge in [0.05, 0.1) is 5.69 Å². The van der Waals surface area contributed by atoms with Crippen molar-refractivity contribution in [1.82, 2.24) is 5.32 Å². The summed E-state index contributed by atoms with van der Waals surface area (Å²) < 4.78 is 54.9. The van der Waals surface area contributed by atoms with Crippen molar-refractivity contribution in [3.63, 3.8) is 0 Å². The van der Waals surface area contributed by atoms with Gasteiger partial charge < -0.3 is 5.32 Å². The SMILES string of the molecule is CC1CN(S(=O)(=O)c2c(F)cccc2F)c2ccccc2CN1. The van der Waals surface area contributed by atoms with E-state index >= 15 is 0 Å². The van der Waals surface area contributed by atoms with E-state index in [1.807, 2.05) is 6.92 Å². The Balaban J connectivity index is 2.19. The molecule has 0 spiro atoms. The summed E-state index contributed by atoms with van der Waals surface area (Å²) in [7, 11) is -4.35. The van der Waals surface area contributed by atoms with Crippen molar-refractivity contribution in [3.8, 4) is 0 Å². The van der Waals surface area contributed by atoms with Gasteiger partial charge in [-0.15, -0.1) is 0 Å². The maximum atomic E-state index is 14.0. The van der Waals surface area contributed by atoms with Crippen molar-refractivity contribution in [2.75, 3.05) is 10.8 Å². The van der Waals surface area contributed by atoms with Crippen LogP contribution in [0, 0.1) is 11.6 Å². The molecule has 0 saturated carbocycles. The zero-order valence-corrected chi connectivity index (χ0v) is 13.3. The van der Waals surface area contributed by atoms with E-state index in [-0.39, 0.29) is 12.6 Å². The zero-order chi connectivity index (χ0) is 16.6. The number of halogens is 2. The number of fused-ring (bicyclic) bond motifs is 1. The summed E-state index contributed by atoms with van der Waals surface area (Å²) in [5.74, 6) is -2.18. The maximum Gasteiger partial charge on any atom is 0.270 e. The van der Waals surface area contributed by atoms with Crippen LogP contribution in [-0.4, -0.2) is 21.0 Å². The monoisotopic (exact) mass is 338 g/mol. The summed E-state index contributed by atoms with van der Waals surface area (Å²) in [6.07, 6.45) is 0. The average molecular weight is 338 g/mol. The van der Waals surface area contributed by atoms with Crippen LogP contribution >= 0.6 is 0 Å². The van der Waals surface area contributed by atoms with Crippen molar-refractivity contribution in [2.45, 2.75) is 24.4 Å². The van der Waals surface area contributed by atoms with Crippen LogP contribution in [0.25, 0.3) is 0 Å². The molecule has 23 heavy (non-hydrogen) atoms. The quantitative estimate of drug-likeness (QED) is 0.916. The van der Waals surface area contributed by atoms with Gasteiger partial charge in [0, 0.05) is 19.1 Å². The molecular weight excluding hydrogens is 322 g/mol. The van der Waals surface area contributed by atoms with Gasteiger partial charge in [-0.2, -0.15) is 0 Å². The second-order valence-electron chi connectivity index (χ2n) is 5.50. The van der Waals surface area contributed by atoms with Crippen molar-refractivity contribution < 1.29 is 17.2 Å². The number of nitrogens with one attached hydrogen (secondary N) is 1. The third-order valence-corrected chi connectivity index (χ3v) is 5.64. The number of benzene rings is 2. The number of hydrogen-bond donors (Lipinski definition) is 1. The van der Waals surface area contributed by atoms with Gasteiger partial charge >= 0.3 is 0 Å². The van der Waals surface area contributed by atoms with Crippen LogP contribution < -0.4 is 9.62 Å². The van der Waals surface area contributed by atoms with E-state index in [4.69, 9.17) is 0 Å². The topological polar surface area (TPSA) is 49.4 Å². The van der Waals surface area contributed by atoms with Crippen LogP contribution in [0.3, 0.4) is 0 Å². The van der Waals surface area contributed by atoms with Crippen molar-refractivity contribution in [3.05, 3.63) is 59.7 Å². The minimum absolute atomic E-state index is 0.0904. The summed E-state index contributed by atoms with van der Waals surface area (Å²) in [6, 6.07) is 9.81. The standard InChI is InChI=1S/C16H16F2N2O2S/c1-11-10-20(15-8-3-2-5-12(15)9-19-11)23(21,22)16-13(17)6-4-7-14(16)18/h2-8,11,19H,9-10H2,1H3. The van der Waals surface area contributed by atoms with E-state index < -0.39 is 26.6 Å². The molecule has 0 bridgehead atoms. The number of rotatable bonds is 2. The van der Waals surface area contributed by atoms with Crippen LogP contribution in [0.4, 0.5) is 14.5 Å². The van der Waals surface area contributed by atoms with Crippen LogP contribution in [-0.2, 0) is 16.6 Å². The molecule has 2 aromatic carbocycles.